The fraction of sp³-hybridized carbons (Fsp3) is 0.450. The van der Waals surface area contributed by atoms with E-state index in [4.69, 9.17) is 0 Å². The zero-order valence-electron chi connectivity index (χ0n) is 14.5. The van der Waals surface area contributed by atoms with Gasteiger partial charge in [-0.2, -0.15) is 0 Å². The molecule has 5 heteroatoms. The van der Waals surface area contributed by atoms with Gasteiger partial charge in [0.1, 0.15) is 0 Å². The van der Waals surface area contributed by atoms with Gasteiger partial charge in [0.2, 0.25) is 11.9 Å². The number of carbonyl (C=O) groups is 1. The van der Waals surface area contributed by atoms with Crippen molar-refractivity contribution in [3.63, 3.8) is 0 Å². The van der Waals surface area contributed by atoms with Crippen LogP contribution in [0.15, 0.2) is 42.7 Å². The Bertz CT molecular complexity index is 733. The van der Waals surface area contributed by atoms with Crippen LogP contribution >= 0.6 is 0 Å². The highest BCUT2D eigenvalue weighted by molar-refractivity contribution is 5.77. The Labute approximate surface area is 148 Å². The highest BCUT2D eigenvalue weighted by atomic mass is 16.2. The number of nitrogens with zero attached hydrogens (tertiary/aromatic N) is 4. The van der Waals surface area contributed by atoms with Crippen LogP contribution in [0.3, 0.4) is 0 Å². The normalized spacial score (nSPS) is 20.2. The quantitative estimate of drug-likeness (QED) is 0.864. The number of rotatable bonds is 3. The second-order valence-electron chi connectivity index (χ2n) is 6.91. The van der Waals surface area contributed by atoms with Crippen LogP contribution in [0.25, 0.3) is 0 Å². The van der Waals surface area contributed by atoms with Gasteiger partial charge in [-0.3, -0.25) is 4.79 Å². The number of carbonyl (C=O) groups excluding carboxylic acids is 1. The van der Waals surface area contributed by atoms with Crippen LogP contribution in [0.5, 0.6) is 0 Å². The average molecular weight is 336 g/mol. The molecule has 1 aliphatic carbocycles. The Hall–Kier alpha value is -2.43. The summed E-state index contributed by atoms with van der Waals surface area (Å²) in [5.41, 5.74) is 2.80. The number of aryl methyl sites for hydroxylation is 1. The summed E-state index contributed by atoms with van der Waals surface area (Å²) >= 11 is 0. The molecule has 1 aromatic carbocycles. The van der Waals surface area contributed by atoms with Crippen LogP contribution in [0.2, 0.25) is 0 Å². The molecule has 5 nitrogen and oxygen atoms in total. The maximum Gasteiger partial charge on any atom is 0.225 e. The molecule has 2 aromatic rings. The van der Waals surface area contributed by atoms with Crippen LogP contribution in [-0.4, -0.2) is 47.0 Å². The molecule has 1 atom stereocenters. The van der Waals surface area contributed by atoms with Gasteiger partial charge in [0, 0.05) is 45.0 Å². The van der Waals surface area contributed by atoms with Crippen LogP contribution < -0.4 is 4.90 Å². The second-order valence-corrected chi connectivity index (χ2v) is 6.91. The molecule has 0 saturated carbocycles. The SMILES string of the molecule is O=C(CC1CCc2ccccc21)N1CCCN(c2ncccn2)CC1. The van der Waals surface area contributed by atoms with E-state index < -0.39 is 0 Å². The van der Waals surface area contributed by atoms with Gasteiger partial charge in [-0.1, -0.05) is 24.3 Å². The molecule has 25 heavy (non-hydrogen) atoms. The van der Waals surface area contributed by atoms with E-state index in [0.717, 1.165) is 51.4 Å². The first-order valence-electron chi connectivity index (χ1n) is 9.19. The van der Waals surface area contributed by atoms with Crippen LogP contribution in [0.1, 0.15) is 36.3 Å². The zero-order valence-corrected chi connectivity index (χ0v) is 14.5. The molecule has 2 heterocycles. The van der Waals surface area contributed by atoms with Crippen LogP contribution in [-0.2, 0) is 11.2 Å². The predicted molar refractivity (Wildman–Crippen MR) is 97.6 cm³/mol. The third-order valence-electron chi connectivity index (χ3n) is 5.36. The van der Waals surface area contributed by atoms with Crippen LogP contribution in [0.4, 0.5) is 5.95 Å². The van der Waals surface area contributed by atoms with Gasteiger partial charge in [0.05, 0.1) is 0 Å². The van der Waals surface area contributed by atoms with E-state index in [2.05, 4.69) is 39.1 Å². The Morgan fingerprint density at radius 1 is 1.04 bits per heavy atom. The van der Waals surface area contributed by atoms with Crippen LogP contribution in [0, 0.1) is 0 Å². The number of amides is 1. The predicted octanol–water partition coefficient (Wildman–Crippen LogP) is 2.64. The van der Waals surface area contributed by atoms with Gasteiger partial charge in [-0.15, -0.1) is 0 Å². The van der Waals surface area contributed by atoms with E-state index in [0.29, 0.717) is 12.3 Å². The summed E-state index contributed by atoms with van der Waals surface area (Å²) in [6, 6.07) is 10.4. The lowest BCUT2D eigenvalue weighted by atomic mass is 9.97. The highest BCUT2D eigenvalue weighted by Gasteiger charge is 2.27. The molecule has 4 rings (SSSR count). The number of hydrogen-bond acceptors (Lipinski definition) is 4. The number of benzene rings is 1. The minimum Gasteiger partial charge on any atom is -0.341 e. The average Bonchev–Trinajstić information content (AvgIpc) is 2.90. The minimum atomic E-state index is 0.289. The molecule has 1 unspecified atom stereocenters. The summed E-state index contributed by atoms with van der Waals surface area (Å²) in [6.45, 7) is 3.29. The number of fused-ring (bicyclic) bond motifs is 1. The Balaban J connectivity index is 1.37. The molecule has 0 radical (unpaired) electrons. The summed E-state index contributed by atoms with van der Waals surface area (Å²) < 4.78 is 0. The molecule has 1 aliphatic heterocycles. The zero-order chi connectivity index (χ0) is 17.1. The van der Waals surface area contributed by atoms with Crippen molar-refractivity contribution in [2.24, 2.45) is 0 Å². The topological polar surface area (TPSA) is 49.3 Å². The number of anilines is 1. The molecule has 0 N–H and O–H groups in total. The van der Waals surface area contributed by atoms with Crippen molar-refractivity contribution in [2.45, 2.75) is 31.6 Å². The van der Waals surface area contributed by atoms with E-state index in [1.807, 2.05) is 11.0 Å². The maximum atomic E-state index is 12.8. The van der Waals surface area contributed by atoms with Crippen molar-refractivity contribution >= 4 is 11.9 Å². The second kappa shape index (κ2) is 7.21. The van der Waals surface area contributed by atoms with E-state index in [1.165, 1.54) is 11.1 Å². The van der Waals surface area contributed by atoms with E-state index in [1.54, 1.807) is 12.4 Å². The third kappa shape index (κ3) is 3.50. The summed E-state index contributed by atoms with van der Waals surface area (Å²) in [6.07, 6.45) is 7.35. The van der Waals surface area contributed by atoms with Crippen molar-refractivity contribution < 1.29 is 4.79 Å². The van der Waals surface area contributed by atoms with Gasteiger partial charge in [0.25, 0.3) is 0 Å². The highest BCUT2D eigenvalue weighted by Crippen LogP contribution is 2.35. The first-order chi connectivity index (χ1) is 12.3. The molecule has 1 aromatic heterocycles. The lowest BCUT2D eigenvalue weighted by Gasteiger charge is -2.23. The van der Waals surface area contributed by atoms with Gasteiger partial charge >= 0.3 is 0 Å². The van der Waals surface area contributed by atoms with Gasteiger partial charge in [-0.25, -0.2) is 9.97 Å². The fourth-order valence-corrected chi connectivity index (χ4v) is 4.02. The molecular weight excluding hydrogens is 312 g/mol. The van der Waals surface area contributed by atoms with Crippen molar-refractivity contribution in [3.05, 3.63) is 53.9 Å². The van der Waals surface area contributed by atoms with Gasteiger partial charge in [-0.05, 0) is 42.4 Å². The first-order valence-corrected chi connectivity index (χ1v) is 9.19. The first kappa shape index (κ1) is 16.1. The summed E-state index contributed by atoms with van der Waals surface area (Å²) in [5.74, 6) is 1.44. The van der Waals surface area contributed by atoms with Crippen molar-refractivity contribution in [3.8, 4) is 0 Å². The molecule has 0 spiro atoms. The lowest BCUT2D eigenvalue weighted by Crippen LogP contribution is -2.36. The minimum absolute atomic E-state index is 0.289. The molecule has 0 bridgehead atoms. The Kier molecular flexibility index (Phi) is 4.63. The van der Waals surface area contributed by atoms with Crippen molar-refractivity contribution in [1.82, 2.24) is 14.9 Å². The Morgan fingerprint density at radius 2 is 1.88 bits per heavy atom. The summed E-state index contributed by atoms with van der Waals surface area (Å²) in [7, 11) is 0. The third-order valence-corrected chi connectivity index (χ3v) is 5.36. The lowest BCUT2D eigenvalue weighted by molar-refractivity contribution is -0.131. The monoisotopic (exact) mass is 336 g/mol. The maximum absolute atomic E-state index is 12.8. The van der Waals surface area contributed by atoms with E-state index in [-0.39, 0.29) is 5.91 Å². The fourth-order valence-electron chi connectivity index (χ4n) is 4.02. The Morgan fingerprint density at radius 3 is 2.76 bits per heavy atom. The molecule has 1 saturated heterocycles. The van der Waals surface area contributed by atoms with Gasteiger partial charge in [0.15, 0.2) is 0 Å². The smallest absolute Gasteiger partial charge is 0.225 e. The van der Waals surface area contributed by atoms with E-state index >= 15 is 0 Å². The molecule has 130 valence electrons. The van der Waals surface area contributed by atoms with E-state index in [9.17, 15) is 4.79 Å². The molecular formula is C20H24N4O. The van der Waals surface area contributed by atoms with Crippen molar-refractivity contribution in [1.29, 1.82) is 0 Å². The molecule has 1 fully saturated rings. The standard InChI is InChI=1S/C20H24N4O/c25-19(15-17-8-7-16-5-1-2-6-18(16)17)23-11-4-12-24(14-13-23)20-21-9-3-10-22-20/h1-3,5-6,9-10,17H,4,7-8,11-15H2. The van der Waals surface area contributed by atoms with Crippen molar-refractivity contribution in [2.75, 3.05) is 31.1 Å². The number of hydrogen-bond donors (Lipinski definition) is 0. The largest absolute Gasteiger partial charge is 0.341 e. The molecule has 1 amide bonds. The molecule has 2 aliphatic rings. The summed E-state index contributed by atoms with van der Waals surface area (Å²) in [4.78, 5) is 25.7. The number of aromatic nitrogens is 2. The summed E-state index contributed by atoms with van der Waals surface area (Å²) in [5, 5.41) is 0. The van der Waals surface area contributed by atoms with Gasteiger partial charge < -0.3 is 9.80 Å².